The molecule has 1 heterocycles. The van der Waals surface area contributed by atoms with Crippen LogP contribution in [-0.2, 0) is 0 Å². The van der Waals surface area contributed by atoms with Gasteiger partial charge in [-0.15, -0.1) is 0 Å². The zero-order valence-electron chi connectivity index (χ0n) is 11.6. The highest BCUT2D eigenvalue weighted by Crippen LogP contribution is 2.36. The van der Waals surface area contributed by atoms with Gasteiger partial charge >= 0.3 is 0 Å². The zero-order valence-corrected chi connectivity index (χ0v) is 13.1. The molecule has 0 amide bonds. The van der Waals surface area contributed by atoms with Crippen molar-refractivity contribution in [3.8, 4) is 5.69 Å². The van der Waals surface area contributed by atoms with Gasteiger partial charge in [0.1, 0.15) is 0 Å². The minimum absolute atomic E-state index is 0.692. The number of halogens is 2. The van der Waals surface area contributed by atoms with E-state index in [1.807, 2.05) is 60.7 Å². The number of anilines is 1. The quantitative estimate of drug-likeness (QED) is 0.449. The van der Waals surface area contributed by atoms with Crippen LogP contribution in [0.3, 0.4) is 0 Å². The molecular weight excluding hydrogens is 315 g/mol. The maximum Gasteiger partial charge on any atom is 0.0691 e. The Bertz CT molecular complexity index is 959. The number of fused-ring (bicyclic) bond motifs is 3. The lowest BCUT2D eigenvalue weighted by Crippen LogP contribution is -1.99. The zero-order chi connectivity index (χ0) is 15.3. The minimum atomic E-state index is 0.692. The number of para-hydroxylation sites is 2. The van der Waals surface area contributed by atoms with Crippen LogP contribution in [0.5, 0.6) is 0 Å². The molecule has 2 nitrogen and oxygen atoms in total. The second kappa shape index (κ2) is 4.94. The van der Waals surface area contributed by atoms with Gasteiger partial charge in [0.05, 0.1) is 22.4 Å². The van der Waals surface area contributed by atoms with Gasteiger partial charge in [0, 0.05) is 20.8 Å². The van der Waals surface area contributed by atoms with Crippen molar-refractivity contribution in [1.82, 2.24) is 4.57 Å². The largest absolute Gasteiger partial charge is 0.397 e. The van der Waals surface area contributed by atoms with Gasteiger partial charge in [-0.25, -0.2) is 0 Å². The predicted molar refractivity (Wildman–Crippen MR) is 95.2 cm³/mol. The summed E-state index contributed by atoms with van der Waals surface area (Å²) in [4.78, 5) is 0. The lowest BCUT2D eigenvalue weighted by molar-refractivity contribution is 1.18. The normalized spacial score (nSPS) is 11.4. The predicted octanol–water partition coefficient (Wildman–Crippen LogP) is 5.67. The Balaban J connectivity index is 2.25. The average Bonchev–Trinajstić information content (AvgIpc) is 2.80. The number of hydrogen-bond donors (Lipinski definition) is 1. The number of nitrogens with two attached hydrogens (primary N) is 1. The van der Waals surface area contributed by atoms with E-state index >= 15 is 0 Å². The summed E-state index contributed by atoms with van der Waals surface area (Å²) >= 11 is 12.4. The molecule has 0 aliphatic carbocycles. The molecule has 0 saturated heterocycles. The van der Waals surface area contributed by atoms with Crippen molar-refractivity contribution < 1.29 is 0 Å². The molecule has 4 aromatic rings. The van der Waals surface area contributed by atoms with Crippen LogP contribution in [-0.4, -0.2) is 4.57 Å². The lowest BCUT2D eigenvalue weighted by Gasteiger charge is -2.10. The van der Waals surface area contributed by atoms with E-state index in [1.54, 1.807) is 0 Å². The maximum absolute atomic E-state index is 6.21. The van der Waals surface area contributed by atoms with E-state index in [1.165, 1.54) is 0 Å². The molecule has 0 unspecified atom stereocenters. The van der Waals surface area contributed by atoms with Gasteiger partial charge in [-0.05, 0) is 36.4 Å². The fourth-order valence-corrected chi connectivity index (χ4v) is 3.25. The van der Waals surface area contributed by atoms with Crippen molar-refractivity contribution in [2.24, 2.45) is 0 Å². The molecule has 0 radical (unpaired) electrons. The van der Waals surface area contributed by atoms with Crippen LogP contribution in [0.4, 0.5) is 5.69 Å². The summed E-state index contributed by atoms with van der Waals surface area (Å²) in [5.41, 5.74) is 9.85. The van der Waals surface area contributed by atoms with Gasteiger partial charge in [-0.1, -0.05) is 47.5 Å². The van der Waals surface area contributed by atoms with Gasteiger partial charge in [0.2, 0.25) is 0 Å². The first-order valence-electron chi connectivity index (χ1n) is 6.89. The van der Waals surface area contributed by atoms with Crippen molar-refractivity contribution in [2.45, 2.75) is 0 Å². The molecule has 0 saturated carbocycles. The fraction of sp³-hybridized carbons (Fsp3) is 0. The number of nitrogens with zero attached hydrogens (tertiary/aromatic N) is 1. The monoisotopic (exact) mass is 326 g/mol. The van der Waals surface area contributed by atoms with E-state index in [0.717, 1.165) is 27.5 Å². The van der Waals surface area contributed by atoms with Gasteiger partial charge in [0.25, 0.3) is 0 Å². The minimum Gasteiger partial charge on any atom is -0.397 e. The number of aromatic nitrogens is 1. The molecule has 0 fully saturated rings. The average molecular weight is 327 g/mol. The molecule has 0 bridgehead atoms. The first kappa shape index (κ1) is 13.5. The van der Waals surface area contributed by atoms with Crippen molar-refractivity contribution >= 4 is 50.7 Å². The number of rotatable bonds is 1. The van der Waals surface area contributed by atoms with E-state index in [4.69, 9.17) is 28.9 Å². The number of benzene rings is 3. The van der Waals surface area contributed by atoms with Crippen LogP contribution in [0.2, 0.25) is 10.0 Å². The van der Waals surface area contributed by atoms with Crippen LogP contribution >= 0.6 is 23.2 Å². The molecule has 2 N–H and O–H groups in total. The lowest BCUT2D eigenvalue weighted by atomic mass is 10.1. The molecule has 4 heteroatoms. The van der Waals surface area contributed by atoms with E-state index in [2.05, 4.69) is 4.57 Å². The first-order valence-corrected chi connectivity index (χ1v) is 7.65. The second-order valence-electron chi connectivity index (χ2n) is 5.22. The highest BCUT2D eigenvalue weighted by Gasteiger charge is 2.14. The maximum atomic E-state index is 6.21. The Morgan fingerprint density at radius 3 is 1.82 bits per heavy atom. The summed E-state index contributed by atoms with van der Waals surface area (Å²) in [6, 6.07) is 19.6. The molecule has 22 heavy (non-hydrogen) atoms. The van der Waals surface area contributed by atoms with Gasteiger partial charge in [-0.3, -0.25) is 0 Å². The van der Waals surface area contributed by atoms with Crippen LogP contribution in [0.15, 0.2) is 60.7 Å². The second-order valence-corrected chi connectivity index (χ2v) is 6.09. The molecule has 0 spiro atoms. The molecule has 0 aliphatic heterocycles. The molecule has 0 aliphatic rings. The third-order valence-corrected chi connectivity index (χ3v) is 4.34. The smallest absolute Gasteiger partial charge is 0.0691 e. The highest BCUT2D eigenvalue weighted by molar-refractivity contribution is 6.32. The summed E-state index contributed by atoms with van der Waals surface area (Å²) in [5, 5.41) is 3.63. The van der Waals surface area contributed by atoms with Crippen LogP contribution < -0.4 is 5.73 Å². The first-order chi connectivity index (χ1) is 10.6. The Hall–Kier alpha value is -2.16. The van der Waals surface area contributed by atoms with E-state index < -0.39 is 0 Å². The summed E-state index contributed by atoms with van der Waals surface area (Å²) in [6.45, 7) is 0. The highest BCUT2D eigenvalue weighted by atomic mass is 35.5. The summed E-state index contributed by atoms with van der Waals surface area (Å²) in [6.07, 6.45) is 0. The van der Waals surface area contributed by atoms with Crippen LogP contribution in [0.25, 0.3) is 27.5 Å². The molecule has 3 aromatic carbocycles. The van der Waals surface area contributed by atoms with Gasteiger partial charge < -0.3 is 10.3 Å². The Morgan fingerprint density at radius 1 is 0.727 bits per heavy atom. The third-order valence-electron chi connectivity index (χ3n) is 3.87. The van der Waals surface area contributed by atoms with Gasteiger partial charge in [0.15, 0.2) is 0 Å². The Kier molecular flexibility index (Phi) is 3.03. The number of nitrogen functional groups attached to an aromatic ring is 1. The fourth-order valence-electron chi connectivity index (χ4n) is 2.92. The van der Waals surface area contributed by atoms with E-state index in [9.17, 15) is 0 Å². The topological polar surface area (TPSA) is 30.9 Å². The molecule has 0 atom stereocenters. The van der Waals surface area contributed by atoms with Crippen molar-refractivity contribution in [3.05, 3.63) is 70.7 Å². The third kappa shape index (κ3) is 1.96. The number of hydrogen-bond acceptors (Lipinski definition) is 1. The Labute approximate surface area is 137 Å². The SMILES string of the molecule is Nc1ccccc1-n1c2cc(Cl)ccc2c2ccc(Cl)cc21. The molecule has 1 aromatic heterocycles. The molecular formula is C18H12Cl2N2. The van der Waals surface area contributed by atoms with Crippen LogP contribution in [0, 0.1) is 0 Å². The molecule has 108 valence electrons. The van der Waals surface area contributed by atoms with Crippen LogP contribution in [0.1, 0.15) is 0 Å². The summed E-state index contributed by atoms with van der Waals surface area (Å²) in [7, 11) is 0. The summed E-state index contributed by atoms with van der Waals surface area (Å²) < 4.78 is 2.11. The summed E-state index contributed by atoms with van der Waals surface area (Å²) in [5.74, 6) is 0. The van der Waals surface area contributed by atoms with E-state index in [0.29, 0.717) is 15.7 Å². The van der Waals surface area contributed by atoms with E-state index in [-0.39, 0.29) is 0 Å². The Morgan fingerprint density at radius 2 is 1.27 bits per heavy atom. The molecule has 4 rings (SSSR count). The van der Waals surface area contributed by atoms with Crippen molar-refractivity contribution in [1.29, 1.82) is 0 Å². The van der Waals surface area contributed by atoms with Crippen molar-refractivity contribution in [2.75, 3.05) is 5.73 Å². The van der Waals surface area contributed by atoms with Gasteiger partial charge in [-0.2, -0.15) is 0 Å². The standard InChI is InChI=1S/C18H12Cl2N2/c19-11-5-7-13-14-8-6-12(20)10-18(14)22(17(13)9-11)16-4-2-1-3-15(16)21/h1-10H,21H2. The van der Waals surface area contributed by atoms with Crippen molar-refractivity contribution in [3.63, 3.8) is 0 Å².